The van der Waals surface area contributed by atoms with Gasteiger partial charge in [0, 0.05) is 68.0 Å². The van der Waals surface area contributed by atoms with Crippen LogP contribution in [-0.4, -0.2) is 58.7 Å². The number of hydrogen-bond donors (Lipinski definition) is 1. The van der Waals surface area contributed by atoms with Gasteiger partial charge < -0.3 is 19.5 Å². The Balaban J connectivity index is 1.31. The Morgan fingerprint density at radius 1 is 0.820 bits per heavy atom. The second kappa shape index (κ2) is 12.9. The summed E-state index contributed by atoms with van der Waals surface area (Å²) in [7, 11) is -0.151. The normalized spacial score (nSPS) is 16.1. The fourth-order valence-electron chi connectivity index (χ4n) is 7.17. The molecule has 1 N–H and O–H groups in total. The van der Waals surface area contributed by atoms with Crippen LogP contribution in [0.5, 0.6) is 5.75 Å². The molecule has 4 aromatic carbocycles. The standard InChI is InChI=1S/C40H40N4O5S/c1-26-20-28-10-8-9-11-30(28)25-44(26)40(47)37-22-31-24-43(50(48,49)34-12-6-5-7-13-34)19-18-29(31)21-36(37)38-23-35(27(2)41(38)3)39(46)42(4)32-14-16-33(45)17-15-32/h5-17,21-23,26,45H,18-20,24-25H2,1-4H3/t26-/m1/s1. The topological polar surface area (TPSA) is 103 Å². The van der Waals surface area contributed by atoms with Crippen molar-refractivity contribution >= 4 is 27.5 Å². The average molecular weight is 689 g/mol. The van der Waals surface area contributed by atoms with E-state index in [-0.39, 0.29) is 35.0 Å². The molecular weight excluding hydrogens is 649 g/mol. The molecule has 50 heavy (non-hydrogen) atoms. The number of nitrogens with zero attached hydrogens (tertiary/aromatic N) is 4. The van der Waals surface area contributed by atoms with Gasteiger partial charge in [-0.15, -0.1) is 0 Å². The van der Waals surface area contributed by atoms with Gasteiger partial charge in [-0.1, -0.05) is 42.5 Å². The molecule has 1 aromatic heterocycles. The average Bonchev–Trinajstić information content (AvgIpc) is 3.43. The van der Waals surface area contributed by atoms with Gasteiger partial charge in [-0.05, 0) is 104 Å². The molecule has 9 nitrogen and oxygen atoms in total. The maximum atomic E-state index is 14.7. The first-order valence-electron chi connectivity index (χ1n) is 16.8. The summed E-state index contributed by atoms with van der Waals surface area (Å²) >= 11 is 0. The Hall–Kier alpha value is -5.19. The summed E-state index contributed by atoms with van der Waals surface area (Å²) in [5, 5.41) is 9.75. The van der Waals surface area contributed by atoms with Crippen LogP contribution in [0.1, 0.15) is 55.6 Å². The lowest BCUT2D eigenvalue weighted by Crippen LogP contribution is -2.43. The molecule has 0 radical (unpaired) electrons. The van der Waals surface area contributed by atoms with E-state index in [2.05, 4.69) is 19.1 Å². The second-order valence-corrected chi connectivity index (χ2v) is 15.2. The highest BCUT2D eigenvalue weighted by Crippen LogP contribution is 2.36. The molecule has 1 atom stereocenters. The lowest BCUT2D eigenvalue weighted by molar-refractivity contribution is 0.0658. The van der Waals surface area contributed by atoms with Crippen molar-refractivity contribution in [3.8, 4) is 17.0 Å². The molecule has 256 valence electrons. The Kier molecular flexibility index (Phi) is 8.61. The number of sulfonamides is 1. The molecular formula is C40H40N4O5S. The molecule has 0 unspecified atom stereocenters. The van der Waals surface area contributed by atoms with E-state index in [1.165, 1.54) is 9.87 Å². The molecule has 3 heterocycles. The van der Waals surface area contributed by atoms with Gasteiger partial charge in [0.1, 0.15) is 5.75 Å². The summed E-state index contributed by atoms with van der Waals surface area (Å²) in [6.07, 6.45) is 1.21. The Labute approximate surface area is 293 Å². The van der Waals surface area contributed by atoms with Gasteiger partial charge in [0.25, 0.3) is 11.8 Å². The molecule has 0 bridgehead atoms. The van der Waals surface area contributed by atoms with Gasteiger partial charge >= 0.3 is 0 Å². The van der Waals surface area contributed by atoms with E-state index in [0.717, 1.165) is 34.5 Å². The van der Waals surface area contributed by atoms with Crippen LogP contribution in [0.15, 0.2) is 102 Å². The minimum Gasteiger partial charge on any atom is -0.508 e. The van der Waals surface area contributed by atoms with Crippen LogP contribution >= 0.6 is 0 Å². The summed E-state index contributed by atoms with van der Waals surface area (Å²) < 4.78 is 30.7. The van der Waals surface area contributed by atoms with Gasteiger partial charge in [-0.25, -0.2) is 8.42 Å². The molecule has 7 rings (SSSR count). The monoisotopic (exact) mass is 688 g/mol. The fourth-order valence-corrected chi connectivity index (χ4v) is 8.61. The zero-order valence-electron chi connectivity index (χ0n) is 28.6. The number of hydrogen-bond acceptors (Lipinski definition) is 5. The predicted molar refractivity (Wildman–Crippen MR) is 194 cm³/mol. The lowest BCUT2D eigenvalue weighted by Gasteiger charge is -2.36. The summed E-state index contributed by atoms with van der Waals surface area (Å²) in [6, 6.07) is 28.8. The zero-order valence-corrected chi connectivity index (χ0v) is 29.4. The van der Waals surface area contributed by atoms with Crippen LogP contribution in [0.3, 0.4) is 0 Å². The second-order valence-electron chi connectivity index (χ2n) is 13.3. The Bertz CT molecular complexity index is 2230. The highest BCUT2D eigenvalue weighted by molar-refractivity contribution is 7.89. The Morgan fingerprint density at radius 2 is 1.50 bits per heavy atom. The number of anilines is 1. The maximum absolute atomic E-state index is 14.7. The van der Waals surface area contributed by atoms with Gasteiger partial charge in [-0.2, -0.15) is 4.31 Å². The lowest BCUT2D eigenvalue weighted by atomic mass is 9.90. The number of amides is 2. The summed E-state index contributed by atoms with van der Waals surface area (Å²) in [5.74, 6) is -0.241. The Morgan fingerprint density at radius 3 is 2.22 bits per heavy atom. The van der Waals surface area contributed by atoms with Gasteiger partial charge in [0.15, 0.2) is 0 Å². The van der Waals surface area contributed by atoms with Crippen molar-refractivity contribution in [1.29, 1.82) is 0 Å². The molecule has 5 aromatic rings. The third-order valence-electron chi connectivity index (χ3n) is 10.3. The van der Waals surface area contributed by atoms with Gasteiger partial charge in [0.2, 0.25) is 10.0 Å². The van der Waals surface area contributed by atoms with E-state index in [1.807, 2.05) is 53.8 Å². The predicted octanol–water partition coefficient (Wildman–Crippen LogP) is 6.32. The van der Waals surface area contributed by atoms with Crippen LogP contribution in [-0.2, 0) is 43.0 Å². The van der Waals surface area contributed by atoms with E-state index in [4.69, 9.17) is 0 Å². The number of carbonyl (C=O) groups is 2. The van der Waals surface area contributed by atoms with E-state index >= 15 is 0 Å². The summed E-state index contributed by atoms with van der Waals surface area (Å²) in [5.41, 5.74) is 7.88. The number of rotatable bonds is 6. The molecule has 0 fully saturated rings. The van der Waals surface area contributed by atoms with Crippen LogP contribution in [0.25, 0.3) is 11.3 Å². The summed E-state index contributed by atoms with van der Waals surface area (Å²) in [4.78, 5) is 32.3. The molecule has 0 aliphatic carbocycles. The molecule has 0 saturated heterocycles. The number of aromatic nitrogens is 1. The van der Waals surface area contributed by atoms with Crippen molar-refractivity contribution in [3.63, 3.8) is 0 Å². The van der Waals surface area contributed by atoms with E-state index in [0.29, 0.717) is 41.9 Å². The van der Waals surface area contributed by atoms with Crippen molar-refractivity contribution in [2.24, 2.45) is 7.05 Å². The largest absolute Gasteiger partial charge is 0.508 e. The SMILES string of the molecule is Cc1c(C(=O)N(C)c2ccc(O)cc2)cc(-c2cc3c(cc2C(=O)N2Cc4ccccc4C[C@H]2C)CN(S(=O)(=O)c2ccccc2)CC3)n1C. The van der Waals surface area contributed by atoms with Crippen LogP contribution < -0.4 is 4.90 Å². The first-order valence-corrected chi connectivity index (χ1v) is 18.2. The zero-order chi connectivity index (χ0) is 35.3. The third-order valence-corrected chi connectivity index (χ3v) is 12.1. The minimum absolute atomic E-state index is 0.0533. The van der Waals surface area contributed by atoms with Crippen molar-refractivity contribution in [3.05, 3.63) is 136 Å². The number of phenolic OH excluding ortho intramolecular Hbond substituents is 1. The van der Waals surface area contributed by atoms with Crippen LogP contribution in [0.2, 0.25) is 0 Å². The van der Waals surface area contributed by atoms with Gasteiger partial charge in [-0.3, -0.25) is 9.59 Å². The molecule has 2 aliphatic heterocycles. The maximum Gasteiger partial charge on any atom is 0.259 e. The van der Waals surface area contributed by atoms with Crippen LogP contribution in [0, 0.1) is 6.92 Å². The smallest absolute Gasteiger partial charge is 0.259 e. The fraction of sp³-hybridized carbons (Fsp3) is 0.250. The highest BCUT2D eigenvalue weighted by atomic mass is 32.2. The molecule has 2 amide bonds. The number of phenols is 1. The number of benzene rings is 4. The molecule has 0 saturated carbocycles. The van der Waals surface area contributed by atoms with Crippen molar-refractivity contribution in [2.75, 3.05) is 18.5 Å². The van der Waals surface area contributed by atoms with Crippen molar-refractivity contribution < 1.29 is 23.1 Å². The van der Waals surface area contributed by atoms with Crippen molar-refractivity contribution in [2.45, 2.75) is 50.7 Å². The number of aromatic hydroxyl groups is 1. The quantitative estimate of drug-likeness (QED) is 0.225. The van der Waals surface area contributed by atoms with Crippen molar-refractivity contribution in [1.82, 2.24) is 13.8 Å². The van der Waals surface area contributed by atoms with Gasteiger partial charge in [0.05, 0.1) is 10.5 Å². The molecule has 0 spiro atoms. The minimum atomic E-state index is -3.74. The first-order chi connectivity index (χ1) is 23.9. The summed E-state index contributed by atoms with van der Waals surface area (Å²) in [6.45, 7) is 4.87. The number of carbonyl (C=O) groups excluding carboxylic acids is 2. The first kappa shape index (κ1) is 33.3. The van der Waals surface area contributed by atoms with E-state index in [1.54, 1.807) is 66.5 Å². The van der Waals surface area contributed by atoms with E-state index in [9.17, 15) is 23.1 Å². The molecule has 2 aliphatic rings. The molecule has 10 heteroatoms. The van der Waals surface area contributed by atoms with Crippen LogP contribution in [0.4, 0.5) is 5.69 Å². The number of fused-ring (bicyclic) bond motifs is 2. The third kappa shape index (κ3) is 5.88. The highest BCUT2D eigenvalue weighted by Gasteiger charge is 2.34. The van der Waals surface area contributed by atoms with E-state index < -0.39 is 10.0 Å².